The molecular weight excluding hydrogens is 166 g/mol. The third kappa shape index (κ3) is 2.95. The lowest BCUT2D eigenvalue weighted by atomic mass is 10.1. The molecular formula is C10H13NO2. The fraction of sp³-hybridized carbons (Fsp3) is 0.400. The summed E-state index contributed by atoms with van der Waals surface area (Å²) in [6, 6.07) is 5.67. The van der Waals surface area contributed by atoms with Crippen LogP contribution in [0.25, 0.3) is 0 Å². The number of hydrogen-bond acceptors (Lipinski definition) is 3. The molecule has 1 aromatic heterocycles. The van der Waals surface area contributed by atoms with E-state index >= 15 is 0 Å². The molecule has 3 nitrogen and oxygen atoms in total. The van der Waals surface area contributed by atoms with Gasteiger partial charge in [-0.1, -0.05) is 6.07 Å². The minimum Gasteiger partial charge on any atom is -0.375 e. The molecule has 0 radical (unpaired) electrons. The second-order valence-electron chi connectivity index (χ2n) is 2.72. The van der Waals surface area contributed by atoms with E-state index in [4.69, 9.17) is 4.74 Å². The number of aromatic nitrogens is 1. The van der Waals surface area contributed by atoms with Crippen molar-refractivity contribution in [2.75, 3.05) is 7.11 Å². The van der Waals surface area contributed by atoms with Crippen molar-refractivity contribution >= 4 is 6.29 Å². The lowest BCUT2D eigenvalue weighted by molar-refractivity contribution is -0.108. The minimum atomic E-state index is -0.0635. The molecule has 1 unspecified atom stereocenters. The molecule has 0 N–H and O–H groups in total. The molecule has 0 spiro atoms. The van der Waals surface area contributed by atoms with Crippen molar-refractivity contribution < 1.29 is 9.53 Å². The van der Waals surface area contributed by atoms with Crippen LogP contribution in [-0.4, -0.2) is 18.4 Å². The molecule has 13 heavy (non-hydrogen) atoms. The standard InChI is InChI=1S/C10H13NO2/c1-13-10(6-4-8-12)9-5-2-3-7-11-9/h2-3,5,7-8,10H,4,6H2,1H3. The number of aldehydes is 1. The van der Waals surface area contributed by atoms with E-state index in [1.54, 1.807) is 13.3 Å². The largest absolute Gasteiger partial charge is 0.375 e. The van der Waals surface area contributed by atoms with E-state index in [0.717, 1.165) is 12.0 Å². The smallest absolute Gasteiger partial charge is 0.120 e. The molecule has 0 aliphatic heterocycles. The molecule has 1 atom stereocenters. The zero-order valence-corrected chi connectivity index (χ0v) is 7.64. The summed E-state index contributed by atoms with van der Waals surface area (Å²) in [7, 11) is 1.63. The molecule has 0 aromatic carbocycles. The van der Waals surface area contributed by atoms with E-state index in [9.17, 15) is 4.79 Å². The van der Waals surface area contributed by atoms with Crippen LogP contribution in [0.15, 0.2) is 24.4 Å². The third-order valence-electron chi connectivity index (χ3n) is 1.85. The van der Waals surface area contributed by atoms with Gasteiger partial charge in [0.15, 0.2) is 0 Å². The highest BCUT2D eigenvalue weighted by Gasteiger charge is 2.09. The highest BCUT2D eigenvalue weighted by atomic mass is 16.5. The second-order valence-corrected chi connectivity index (χ2v) is 2.72. The Balaban J connectivity index is 2.61. The summed E-state index contributed by atoms with van der Waals surface area (Å²) >= 11 is 0. The van der Waals surface area contributed by atoms with Gasteiger partial charge in [0.2, 0.25) is 0 Å². The van der Waals surface area contributed by atoms with Gasteiger partial charge in [0.25, 0.3) is 0 Å². The van der Waals surface area contributed by atoms with Crippen LogP contribution < -0.4 is 0 Å². The van der Waals surface area contributed by atoms with Crippen LogP contribution in [-0.2, 0) is 9.53 Å². The first-order valence-electron chi connectivity index (χ1n) is 4.26. The molecule has 1 heterocycles. The topological polar surface area (TPSA) is 39.2 Å². The number of hydrogen-bond donors (Lipinski definition) is 0. The Kier molecular flexibility index (Phi) is 4.12. The third-order valence-corrected chi connectivity index (χ3v) is 1.85. The van der Waals surface area contributed by atoms with Crippen LogP contribution in [0.4, 0.5) is 0 Å². The molecule has 1 aromatic rings. The van der Waals surface area contributed by atoms with E-state index in [-0.39, 0.29) is 6.10 Å². The lowest BCUT2D eigenvalue weighted by Crippen LogP contribution is -2.03. The van der Waals surface area contributed by atoms with E-state index in [2.05, 4.69) is 4.98 Å². The maximum Gasteiger partial charge on any atom is 0.120 e. The number of rotatable bonds is 5. The summed E-state index contributed by atoms with van der Waals surface area (Å²) < 4.78 is 5.22. The van der Waals surface area contributed by atoms with E-state index in [1.807, 2.05) is 18.2 Å². The van der Waals surface area contributed by atoms with E-state index in [1.165, 1.54) is 0 Å². The summed E-state index contributed by atoms with van der Waals surface area (Å²) in [5.74, 6) is 0. The van der Waals surface area contributed by atoms with Gasteiger partial charge >= 0.3 is 0 Å². The fourth-order valence-electron chi connectivity index (χ4n) is 1.17. The molecule has 0 aliphatic carbocycles. The van der Waals surface area contributed by atoms with Crippen LogP contribution in [0, 0.1) is 0 Å². The summed E-state index contributed by atoms with van der Waals surface area (Å²) in [6.07, 6.45) is 3.76. The van der Waals surface area contributed by atoms with Crippen LogP contribution in [0.3, 0.4) is 0 Å². The average Bonchev–Trinajstić information content (AvgIpc) is 2.21. The number of carbonyl (C=O) groups excluding carboxylic acids is 1. The molecule has 0 fully saturated rings. The lowest BCUT2D eigenvalue weighted by Gasteiger charge is -2.12. The van der Waals surface area contributed by atoms with Gasteiger partial charge in [-0.25, -0.2) is 0 Å². The molecule has 0 bridgehead atoms. The fourth-order valence-corrected chi connectivity index (χ4v) is 1.17. The Hall–Kier alpha value is -1.22. The van der Waals surface area contributed by atoms with Crippen LogP contribution in [0.2, 0.25) is 0 Å². The van der Waals surface area contributed by atoms with Crippen molar-refractivity contribution in [3.05, 3.63) is 30.1 Å². The Morgan fingerprint density at radius 3 is 3.00 bits per heavy atom. The second kappa shape index (κ2) is 5.43. The number of methoxy groups -OCH3 is 1. The molecule has 70 valence electrons. The maximum atomic E-state index is 10.2. The van der Waals surface area contributed by atoms with Crippen LogP contribution in [0.1, 0.15) is 24.6 Å². The van der Waals surface area contributed by atoms with Crippen molar-refractivity contribution in [3.63, 3.8) is 0 Å². The van der Waals surface area contributed by atoms with Crippen molar-refractivity contribution in [1.82, 2.24) is 4.98 Å². The highest BCUT2D eigenvalue weighted by molar-refractivity contribution is 5.49. The van der Waals surface area contributed by atoms with Crippen LogP contribution in [0.5, 0.6) is 0 Å². The summed E-state index contributed by atoms with van der Waals surface area (Å²) in [5.41, 5.74) is 0.881. The Labute approximate surface area is 77.8 Å². The molecule has 0 saturated heterocycles. The number of carbonyl (C=O) groups is 1. The van der Waals surface area contributed by atoms with Crippen molar-refractivity contribution in [1.29, 1.82) is 0 Å². The zero-order valence-electron chi connectivity index (χ0n) is 7.64. The molecule has 0 aliphatic rings. The van der Waals surface area contributed by atoms with Crippen LogP contribution >= 0.6 is 0 Å². The number of pyridine rings is 1. The maximum absolute atomic E-state index is 10.2. The molecule has 1 rings (SSSR count). The SMILES string of the molecule is COC(CCC=O)c1ccccn1. The van der Waals surface area contributed by atoms with Gasteiger partial charge in [-0.05, 0) is 18.6 Å². The van der Waals surface area contributed by atoms with Gasteiger partial charge in [-0.15, -0.1) is 0 Å². The minimum absolute atomic E-state index is 0.0635. The van der Waals surface area contributed by atoms with E-state index in [0.29, 0.717) is 12.8 Å². The summed E-state index contributed by atoms with van der Waals surface area (Å²) in [5, 5.41) is 0. The average molecular weight is 179 g/mol. The first-order chi connectivity index (χ1) is 6.38. The number of ether oxygens (including phenoxy) is 1. The Morgan fingerprint density at radius 1 is 1.62 bits per heavy atom. The quantitative estimate of drug-likeness (QED) is 0.646. The summed E-state index contributed by atoms with van der Waals surface area (Å²) in [6.45, 7) is 0. The Morgan fingerprint density at radius 2 is 2.46 bits per heavy atom. The Bertz CT molecular complexity index is 248. The monoisotopic (exact) mass is 179 g/mol. The van der Waals surface area contributed by atoms with Gasteiger partial charge in [0, 0.05) is 19.7 Å². The molecule has 0 saturated carbocycles. The van der Waals surface area contributed by atoms with Crippen molar-refractivity contribution in [2.45, 2.75) is 18.9 Å². The predicted molar refractivity (Wildman–Crippen MR) is 49.3 cm³/mol. The predicted octanol–water partition coefficient (Wildman–Crippen LogP) is 1.75. The first kappa shape index (κ1) is 9.86. The first-order valence-corrected chi connectivity index (χ1v) is 4.26. The van der Waals surface area contributed by atoms with Gasteiger partial charge in [-0.3, -0.25) is 4.98 Å². The van der Waals surface area contributed by atoms with Gasteiger partial charge in [0.1, 0.15) is 6.29 Å². The zero-order chi connectivity index (χ0) is 9.52. The molecule has 0 amide bonds. The normalized spacial score (nSPS) is 12.4. The van der Waals surface area contributed by atoms with Gasteiger partial charge in [0.05, 0.1) is 11.8 Å². The highest BCUT2D eigenvalue weighted by Crippen LogP contribution is 2.18. The molecule has 3 heteroatoms. The van der Waals surface area contributed by atoms with E-state index < -0.39 is 0 Å². The van der Waals surface area contributed by atoms with Gasteiger partial charge in [-0.2, -0.15) is 0 Å². The van der Waals surface area contributed by atoms with Gasteiger partial charge < -0.3 is 9.53 Å². The number of nitrogens with zero attached hydrogens (tertiary/aromatic N) is 1. The van der Waals surface area contributed by atoms with Crippen molar-refractivity contribution in [3.8, 4) is 0 Å². The summed E-state index contributed by atoms with van der Waals surface area (Å²) in [4.78, 5) is 14.3. The van der Waals surface area contributed by atoms with Crippen molar-refractivity contribution in [2.24, 2.45) is 0 Å².